The molecule has 0 radical (unpaired) electrons. The molecule has 11 aromatic carbocycles. The summed E-state index contributed by atoms with van der Waals surface area (Å²) < 4.78 is 6.51. The molecule has 0 amide bonds. The summed E-state index contributed by atoms with van der Waals surface area (Å²) in [6.07, 6.45) is 0. The van der Waals surface area contributed by atoms with E-state index < -0.39 is 5.41 Å². The first-order valence-corrected chi connectivity index (χ1v) is 22.4. The van der Waals surface area contributed by atoms with E-state index in [-0.39, 0.29) is 0 Å². The first-order valence-electron chi connectivity index (χ1n) is 22.4. The molecule has 0 aliphatic heterocycles. The predicted molar refractivity (Wildman–Crippen MR) is 272 cm³/mol. The third kappa shape index (κ3) is 5.74. The monoisotopic (exact) mass is 827 g/mol. The quantitative estimate of drug-likeness (QED) is 0.159. The van der Waals surface area contributed by atoms with Crippen molar-refractivity contribution in [1.82, 2.24) is 0 Å². The molecular weight excluding hydrogens is 787 g/mol. The van der Waals surface area contributed by atoms with Gasteiger partial charge in [0, 0.05) is 27.8 Å². The molecule has 0 spiro atoms. The van der Waals surface area contributed by atoms with Crippen LogP contribution < -0.4 is 4.90 Å². The van der Waals surface area contributed by atoms with E-state index in [0.29, 0.717) is 0 Å². The molecule has 1 aromatic heterocycles. The average molecular weight is 828 g/mol. The summed E-state index contributed by atoms with van der Waals surface area (Å²) in [6.45, 7) is 0. The number of hydrogen-bond acceptors (Lipinski definition) is 2. The average Bonchev–Trinajstić information content (AvgIpc) is 3.91. The molecule has 0 bridgehead atoms. The van der Waals surface area contributed by atoms with Gasteiger partial charge in [-0.25, -0.2) is 0 Å². The summed E-state index contributed by atoms with van der Waals surface area (Å²) in [5, 5.41) is 7.10. The van der Waals surface area contributed by atoms with E-state index in [0.717, 1.165) is 39.0 Å². The number of nitrogens with zero attached hydrogens (tertiary/aromatic N) is 1. The molecule has 0 unspecified atom stereocenters. The van der Waals surface area contributed by atoms with Crippen LogP contribution in [-0.2, 0) is 5.41 Å². The number of furan rings is 1. The van der Waals surface area contributed by atoms with Crippen molar-refractivity contribution in [2.75, 3.05) is 4.90 Å². The molecule has 0 atom stereocenters. The second kappa shape index (κ2) is 14.8. The molecule has 65 heavy (non-hydrogen) atoms. The first-order chi connectivity index (χ1) is 32.2. The minimum absolute atomic E-state index is 0.480. The van der Waals surface area contributed by atoms with Crippen molar-refractivity contribution in [1.29, 1.82) is 0 Å². The zero-order chi connectivity index (χ0) is 42.9. The summed E-state index contributed by atoms with van der Waals surface area (Å²) in [5.74, 6) is 0. The predicted octanol–water partition coefficient (Wildman–Crippen LogP) is 17.1. The van der Waals surface area contributed by atoms with Crippen LogP contribution in [0.2, 0.25) is 0 Å². The van der Waals surface area contributed by atoms with Gasteiger partial charge in [0.15, 0.2) is 0 Å². The second-order valence-electron chi connectivity index (χ2n) is 17.2. The molecule has 1 heterocycles. The van der Waals surface area contributed by atoms with E-state index in [2.05, 4.69) is 254 Å². The lowest BCUT2D eigenvalue weighted by atomic mass is 9.68. The Morgan fingerprint density at radius 2 is 0.815 bits per heavy atom. The number of rotatable bonds is 7. The Balaban J connectivity index is 0.995. The van der Waals surface area contributed by atoms with E-state index >= 15 is 0 Å². The molecule has 1 aliphatic carbocycles. The van der Waals surface area contributed by atoms with Gasteiger partial charge in [-0.05, 0) is 126 Å². The van der Waals surface area contributed by atoms with Gasteiger partial charge >= 0.3 is 0 Å². The van der Waals surface area contributed by atoms with E-state index in [9.17, 15) is 0 Å². The number of fused-ring (bicyclic) bond motifs is 9. The van der Waals surface area contributed by atoms with Gasteiger partial charge in [0.05, 0.1) is 5.41 Å². The van der Waals surface area contributed by atoms with Crippen LogP contribution in [0.15, 0.2) is 253 Å². The van der Waals surface area contributed by atoms with Crippen molar-refractivity contribution < 1.29 is 4.42 Å². The van der Waals surface area contributed by atoms with Gasteiger partial charge in [-0.15, -0.1) is 0 Å². The Bertz CT molecular complexity index is 3700. The number of benzene rings is 11. The maximum absolute atomic E-state index is 6.51. The molecule has 0 saturated carbocycles. The highest BCUT2D eigenvalue weighted by Gasteiger charge is 2.45. The minimum Gasteiger partial charge on any atom is -0.456 e. The maximum Gasteiger partial charge on any atom is 0.136 e. The summed E-state index contributed by atoms with van der Waals surface area (Å²) >= 11 is 0. The smallest absolute Gasteiger partial charge is 0.136 e. The Hall–Kier alpha value is -8.46. The van der Waals surface area contributed by atoms with Gasteiger partial charge in [0.1, 0.15) is 11.2 Å². The first kappa shape index (κ1) is 37.1. The molecule has 13 rings (SSSR count). The lowest BCUT2D eigenvalue weighted by molar-refractivity contribution is 0.669. The zero-order valence-electron chi connectivity index (χ0n) is 35.5. The molecule has 1 aliphatic rings. The molecule has 0 saturated heterocycles. The van der Waals surface area contributed by atoms with Gasteiger partial charge in [0.2, 0.25) is 0 Å². The van der Waals surface area contributed by atoms with E-state index in [1.807, 2.05) is 0 Å². The largest absolute Gasteiger partial charge is 0.456 e. The third-order valence-electron chi connectivity index (χ3n) is 13.7. The van der Waals surface area contributed by atoms with E-state index in [1.165, 1.54) is 77.2 Å². The topological polar surface area (TPSA) is 16.4 Å². The Kier molecular flexibility index (Phi) is 8.47. The fraction of sp³-hybridized carbons (Fsp3) is 0.0159. The molecule has 2 nitrogen and oxygen atoms in total. The van der Waals surface area contributed by atoms with E-state index in [4.69, 9.17) is 4.42 Å². The van der Waals surface area contributed by atoms with Gasteiger partial charge in [-0.2, -0.15) is 0 Å². The molecule has 304 valence electrons. The maximum atomic E-state index is 6.51. The van der Waals surface area contributed by atoms with Gasteiger partial charge in [-0.1, -0.05) is 200 Å². The third-order valence-corrected chi connectivity index (χ3v) is 13.7. The van der Waals surface area contributed by atoms with Crippen LogP contribution in [0.5, 0.6) is 0 Å². The van der Waals surface area contributed by atoms with Crippen molar-refractivity contribution in [2.24, 2.45) is 0 Å². The van der Waals surface area contributed by atoms with E-state index in [1.54, 1.807) is 0 Å². The Morgan fingerprint density at radius 3 is 1.51 bits per heavy atom. The highest BCUT2D eigenvalue weighted by Crippen LogP contribution is 2.56. The standard InChI is InChI=1S/C63H41NO/c1-3-15-42(16-4-1)51-25-13-18-45-19-14-26-52(61(45)51)44-29-34-48(35-30-44)64(50-38-40-59-56(41-50)62-53-22-8-7-17-43(53)31-39-60(62)65-59)49-36-32-47(33-37-49)63(46-20-5-2-6-21-46)57-27-11-9-23-54(57)55-24-10-12-28-58(55)63/h1-41H. The highest BCUT2D eigenvalue weighted by atomic mass is 16.3. The van der Waals surface area contributed by atoms with Crippen LogP contribution in [0.1, 0.15) is 22.3 Å². The van der Waals surface area contributed by atoms with Gasteiger partial charge < -0.3 is 9.32 Å². The van der Waals surface area contributed by atoms with Crippen molar-refractivity contribution in [3.63, 3.8) is 0 Å². The van der Waals surface area contributed by atoms with Crippen molar-refractivity contribution in [3.05, 3.63) is 271 Å². The van der Waals surface area contributed by atoms with Crippen LogP contribution >= 0.6 is 0 Å². The summed E-state index contributed by atoms with van der Waals surface area (Å²) in [6, 6.07) is 90.8. The van der Waals surface area contributed by atoms with Gasteiger partial charge in [0.25, 0.3) is 0 Å². The SMILES string of the molecule is c1ccc(-c2cccc3cccc(-c4ccc(N(c5ccc(C6(c7ccccc7)c7ccccc7-c7ccccc76)cc5)c5ccc6oc7ccc8ccccc8c7c6c5)cc4)c23)cc1. The Morgan fingerprint density at radius 1 is 0.308 bits per heavy atom. The number of anilines is 3. The summed E-state index contributed by atoms with van der Waals surface area (Å²) in [4.78, 5) is 2.39. The normalized spacial score (nSPS) is 12.7. The number of hydrogen-bond donors (Lipinski definition) is 0. The van der Waals surface area contributed by atoms with Crippen molar-refractivity contribution in [2.45, 2.75) is 5.41 Å². The zero-order valence-corrected chi connectivity index (χ0v) is 35.5. The Labute approximate surface area is 377 Å². The fourth-order valence-electron chi connectivity index (χ4n) is 10.9. The van der Waals surface area contributed by atoms with Gasteiger partial charge in [-0.3, -0.25) is 0 Å². The van der Waals surface area contributed by atoms with Crippen LogP contribution in [0, 0.1) is 0 Å². The fourth-order valence-corrected chi connectivity index (χ4v) is 10.9. The highest BCUT2D eigenvalue weighted by molar-refractivity contribution is 6.19. The van der Waals surface area contributed by atoms with Crippen LogP contribution in [0.25, 0.3) is 76.9 Å². The lowest BCUT2D eigenvalue weighted by Gasteiger charge is -2.34. The molecule has 0 N–H and O–H groups in total. The van der Waals surface area contributed by atoms with Crippen LogP contribution in [0.4, 0.5) is 17.1 Å². The minimum atomic E-state index is -0.480. The van der Waals surface area contributed by atoms with Crippen molar-refractivity contribution in [3.8, 4) is 33.4 Å². The van der Waals surface area contributed by atoms with Crippen molar-refractivity contribution >= 4 is 60.5 Å². The van der Waals surface area contributed by atoms with Crippen LogP contribution in [0.3, 0.4) is 0 Å². The molecule has 12 aromatic rings. The summed E-state index contributed by atoms with van der Waals surface area (Å²) in [7, 11) is 0. The molecule has 2 heteroatoms. The lowest BCUT2D eigenvalue weighted by Crippen LogP contribution is -2.28. The second-order valence-corrected chi connectivity index (χ2v) is 17.2. The summed E-state index contributed by atoms with van der Waals surface area (Å²) in [5.41, 5.74) is 17.0. The molecule has 0 fully saturated rings. The molecular formula is C63H41NO. The van der Waals surface area contributed by atoms with Crippen LogP contribution in [-0.4, -0.2) is 0 Å².